The van der Waals surface area contributed by atoms with E-state index in [-0.39, 0.29) is 6.61 Å². The molecule has 1 aromatic carbocycles. The first kappa shape index (κ1) is 24.1. The van der Waals surface area contributed by atoms with E-state index in [2.05, 4.69) is 42.6 Å². The van der Waals surface area contributed by atoms with Gasteiger partial charge in [-0.2, -0.15) is 0 Å². The van der Waals surface area contributed by atoms with Gasteiger partial charge in [-0.15, -0.1) is 0 Å². The van der Waals surface area contributed by atoms with E-state index in [4.69, 9.17) is 10.8 Å². The molecule has 146 valence electrons. The second-order valence-corrected chi connectivity index (χ2v) is 6.68. The average Bonchev–Trinajstić information content (AvgIpc) is 2.65. The molecule has 0 saturated carbocycles. The maximum absolute atomic E-state index is 8.19. The third-order valence-corrected chi connectivity index (χ3v) is 4.27. The zero-order valence-electron chi connectivity index (χ0n) is 16.5. The second kappa shape index (κ2) is 21.1. The first-order chi connectivity index (χ1) is 12.3. The number of aliphatic hydroxyl groups excluding tert-OH is 1. The molecule has 3 nitrogen and oxygen atoms in total. The van der Waals surface area contributed by atoms with Gasteiger partial charge in [0.25, 0.3) is 0 Å². The maximum atomic E-state index is 8.19. The van der Waals surface area contributed by atoms with Crippen LogP contribution in [0.4, 0.5) is 0 Å². The molecule has 4 N–H and O–H groups in total. The second-order valence-electron chi connectivity index (χ2n) is 6.68. The van der Waals surface area contributed by atoms with Crippen molar-refractivity contribution < 1.29 is 5.11 Å². The third-order valence-electron chi connectivity index (χ3n) is 4.27. The van der Waals surface area contributed by atoms with Crippen molar-refractivity contribution in [2.45, 2.75) is 77.6 Å². The Balaban J connectivity index is 0.000000697. The molecule has 0 aromatic heterocycles. The molecule has 0 saturated heterocycles. The fourth-order valence-electron chi connectivity index (χ4n) is 2.77. The number of hydrogen-bond acceptors (Lipinski definition) is 3. The van der Waals surface area contributed by atoms with Crippen molar-refractivity contribution in [2.24, 2.45) is 5.73 Å². The monoisotopic (exact) mass is 350 g/mol. The highest BCUT2D eigenvalue weighted by Crippen LogP contribution is 2.12. The van der Waals surface area contributed by atoms with E-state index in [1.165, 1.54) is 76.2 Å². The first-order valence-corrected chi connectivity index (χ1v) is 10.4. The van der Waals surface area contributed by atoms with Crippen molar-refractivity contribution in [2.75, 3.05) is 26.2 Å². The molecule has 0 fully saturated rings. The molecule has 0 aliphatic heterocycles. The van der Waals surface area contributed by atoms with Gasteiger partial charge in [-0.05, 0) is 18.4 Å². The quantitative estimate of drug-likeness (QED) is 0.403. The van der Waals surface area contributed by atoms with Gasteiger partial charge in [0.2, 0.25) is 0 Å². The van der Waals surface area contributed by atoms with Crippen LogP contribution in [0.15, 0.2) is 30.3 Å². The number of unbranched alkanes of at least 4 members (excludes halogenated alkanes) is 9. The van der Waals surface area contributed by atoms with Crippen LogP contribution in [-0.2, 0) is 6.42 Å². The zero-order valence-corrected chi connectivity index (χ0v) is 16.5. The topological polar surface area (TPSA) is 58.3 Å². The number of nitrogens with one attached hydrogen (secondary N) is 1. The van der Waals surface area contributed by atoms with Gasteiger partial charge in [-0.3, -0.25) is 0 Å². The summed E-state index contributed by atoms with van der Waals surface area (Å²) in [6.45, 7) is 4.56. The number of nitrogens with two attached hydrogens (primary N) is 1. The fourth-order valence-corrected chi connectivity index (χ4v) is 2.77. The van der Waals surface area contributed by atoms with Crippen molar-refractivity contribution in [3.05, 3.63) is 35.9 Å². The standard InChI is InChI=1S/C18H30.C4H12N2O/c1-2-3-4-5-6-7-8-9-10-12-15-18-16-13-11-14-17-18;5-1-2-6-3-4-7/h11,13-14,16-17H,2-10,12,15H2,1H3;6-7H,1-5H2. The van der Waals surface area contributed by atoms with E-state index in [9.17, 15) is 0 Å². The Morgan fingerprint density at radius 3 is 1.88 bits per heavy atom. The molecule has 0 aliphatic rings. The molecular weight excluding hydrogens is 308 g/mol. The molecule has 1 rings (SSSR count). The highest BCUT2D eigenvalue weighted by Gasteiger charge is 1.94. The van der Waals surface area contributed by atoms with Crippen molar-refractivity contribution in [3.8, 4) is 0 Å². The van der Waals surface area contributed by atoms with Gasteiger partial charge in [0.1, 0.15) is 0 Å². The van der Waals surface area contributed by atoms with E-state index in [0.717, 1.165) is 6.54 Å². The summed E-state index contributed by atoms with van der Waals surface area (Å²) in [6, 6.07) is 10.9. The Hall–Kier alpha value is -0.900. The number of rotatable bonds is 15. The van der Waals surface area contributed by atoms with Crippen LogP contribution in [0.25, 0.3) is 0 Å². The smallest absolute Gasteiger partial charge is 0.0555 e. The van der Waals surface area contributed by atoms with E-state index in [1.807, 2.05) is 0 Å². The number of aryl methyl sites for hydroxylation is 1. The summed E-state index contributed by atoms with van der Waals surface area (Å²) in [5.74, 6) is 0. The summed E-state index contributed by atoms with van der Waals surface area (Å²) >= 11 is 0. The summed E-state index contributed by atoms with van der Waals surface area (Å²) in [6.07, 6.45) is 15.5. The van der Waals surface area contributed by atoms with Crippen LogP contribution >= 0.6 is 0 Å². The summed E-state index contributed by atoms with van der Waals surface area (Å²) in [5, 5.41) is 11.1. The first-order valence-electron chi connectivity index (χ1n) is 10.4. The maximum Gasteiger partial charge on any atom is 0.0555 e. The Morgan fingerprint density at radius 2 is 1.36 bits per heavy atom. The van der Waals surface area contributed by atoms with Gasteiger partial charge < -0.3 is 16.2 Å². The Bertz CT molecular complexity index is 339. The largest absolute Gasteiger partial charge is 0.395 e. The molecule has 0 bridgehead atoms. The molecule has 0 atom stereocenters. The predicted octanol–water partition coefficient (Wildman–Crippen LogP) is 4.68. The minimum atomic E-state index is 0.194. The molecule has 1 aromatic rings. The van der Waals surface area contributed by atoms with Crippen LogP contribution in [0, 0.1) is 0 Å². The van der Waals surface area contributed by atoms with Gasteiger partial charge in [-0.25, -0.2) is 0 Å². The highest BCUT2D eigenvalue weighted by atomic mass is 16.3. The van der Waals surface area contributed by atoms with E-state index in [0.29, 0.717) is 13.1 Å². The Labute approximate surface area is 156 Å². The summed E-state index contributed by atoms with van der Waals surface area (Å²) in [7, 11) is 0. The van der Waals surface area contributed by atoms with Crippen LogP contribution in [0.2, 0.25) is 0 Å². The van der Waals surface area contributed by atoms with Gasteiger partial charge in [-0.1, -0.05) is 95.0 Å². The van der Waals surface area contributed by atoms with E-state index in [1.54, 1.807) is 0 Å². The molecule has 0 aliphatic carbocycles. The Morgan fingerprint density at radius 1 is 0.800 bits per heavy atom. The molecule has 0 amide bonds. The number of benzene rings is 1. The fraction of sp³-hybridized carbons (Fsp3) is 0.727. The molecule has 0 radical (unpaired) electrons. The van der Waals surface area contributed by atoms with Gasteiger partial charge in [0, 0.05) is 19.6 Å². The SMILES string of the molecule is CCCCCCCCCCCCc1ccccc1.NCCNCCO. The van der Waals surface area contributed by atoms with Crippen LogP contribution in [0.5, 0.6) is 0 Å². The molecular formula is C22H42N2O. The van der Waals surface area contributed by atoms with Crippen LogP contribution in [-0.4, -0.2) is 31.3 Å². The molecule has 0 spiro atoms. The van der Waals surface area contributed by atoms with Crippen LogP contribution < -0.4 is 11.1 Å². The minimum Gasteiger partial charge on any atom is -0.395 e. The summed E-state index contributed by atoms with van der Waals surface area (Å²) < 4.78 is 0. The average molecular weight is 351 g/mol. The zero-order chi connectivity index (χ0) is 18.4. The van der Waals surface area contributed by atoms with Crippen molar-refractivity contribution in [3.63, 3.8) is 0 Å². The van der Waals surface area contributed by atoms with Crippen molar-refractivity contribution in [1.29, 1.82) is 0 Å². The molecule has 0 unspecified atom stereocenters. The lowest BCUT2D eigenvalue weighted by molar-refractivity contribution is 0.293. The van der Waals surface area contributed by atoms with E-state index < -0.39 is 0 Å². The van der Waals surface area contributed by atoms with E-state index >= 15 is 0 Å². The lowest BCUT2D eigenvalue weighted by Gasteiger charge is -2.03. The van der Waals surface area contributed by atoms with Gasteiger partial charge in [0.05, 0.1) is 6.61 Å². The van der Waals surface area contributed by atoms with Gasteiger partial charge >= 0.3 is 0 Å². The normalized spacial score (nSPS) is 10.4. The molecule has 25 heavy (non-hydrogen) atoms. The number of aliphatic hydroxyl groups is 1. The lowest BCUT2D eigenvalue weighted by atomic mass is 10.0. The molecule has 0 heterocycles. The summed E-state index contributed by atoms with van der Waals surface area (Å²) in [4.78, 5) is 0. The van der Waals surface area contributed by atoms with Crippen molar-refractivity contribution in [1.82, 2.24) is 5.32 Å². The molecule has 3 heteroatoms. The predicted molar refractivity (Wildman–Crippen MR) is 111 cm³/mol. The lowest BCUT2D eigenvalue weighted by Crippen LogP contribution is -2.24. The van der Waals surface area contributed by atoms with Crippen LogP contribution in [0.3, 0.4) is 0 Å². The highest BCUT2D eigenvalue weighted by molar-refractivity contribution is 5.14. The number of hydrogen-bond donors (Lipinski definition) is 3. The minimum absolute atomic E-state index is 0.194. The van der Waals surface area contributed by atoms with Crippen LogP contribution in [0.1, 0.15) is 76.7 Å². The van der Waals surface area contributed by atoms with Crippen molar-refractivity contribution >= 4 is 0 Å². The van der Waals surface area contributed by atoms with Gasteiger partial charge in [0.15, 0.2) is 0 Å². The third kappa shape index (κ3) is 19.3. The summed E-state index contributed by atoms with van der Waals surface area (Å²) in [5.41, 5.74) is 6.62. The Kier molecular flexibility index (Phi) is 20.4.